The van der Waals surface area contributed by atoms with Gasteiger partial charge in [-0.25, -0.2) is 4.98 Å². The van der Waals surface area contributed by atoms with Crippen molar-refractivity contribution in [3.63, 3.8) is 0 Å². The maximum absolute atomic E-state index is 12.6. The largest absolute Gasteiger partial charge is 0.341 e. The van der Waals surface area contributed by atoms with Gasteiger partial charge in [-0.15, -0.1) is 0 Å². The third-order valence-electron chi connectivity index (χ3n) is 4.16. The molecule has 0 N–H and O–H groups in total. The zero-order valence-electron chi connectivity index (χ0n) is 12.8. The van der Waals surface area contributed by atoms with Gasteiger partial charge in [-0.3, -0.25) is 14.2 Å². The molecule has 3 rings (SSSR count). The maximum Gasteiger partial charge on any atom is 0.261 e. The topological polar surface area (TPSA) is 55.2 Å². The molecule has 0 spiro atoms. The van der Waals surface area contributed by atoms with Crippen LogP contribution in [0.2, 0.25) is 10.0 Å². The Hall–Kier alpha value is -1.59. The third kappa shape index (κ3) is 3.35. The predicted octanol–water partition coefficient (Wildman–Crippen LogP) is 2.96. The average Bonchev–Trinajstić information content (AvgIpc) is 2.50. The fraction of sp³-hybridized carbons (Fsp3) is 0.438. The summed E-state index contributed by atoms with van der Waals surface area (Å²) in [5.74, 6) is 0.435. The van der Waals surface area contributed by atoms with Crippen molar-refractivity contribution in [3.05, 3.63) is 38.9 Å². The number of likely N-dealkylation sites (tertiary alicyclic amines) is 1. The van der Waals surface area contributed by atoms with Crippen molar-refractivity contribution in [1.29, 1.82) is 0 Å². The number of aromatic nitrogens is 2. The molecule has 0 aliphatic carbocycles. The van der Waals surface area contributed by atoms with Crippen LogP contribution < -0.4 is 5.56 Å². The number of piperidine rings is 1. The number of rotatable bonds is 2. The molecule has 0 radical (unpaired) electrons. The lowest BCUT2D eigenvalue weighted by atomic mass is 10.0. The van der Waals surface area contributed by atoms with Crippen LogP contribution in [-0.4, -0.2) is 33.4 Å². The number of nitrogens with zero attached hydrogens (tertiary/aromatic N) is 3. The van der Waals surface area contributed by atoms with E-state index < -0.39 is 0 Å². The molecule has 1 fully saturated rings. The van der Waals surface area contributed by atoms with Gasteiger partial charge in [0, 0.05) is 18.1 Å². The van der Waals surface area contributed by atoms with Gasteiger partial charge in [-0.1, -0.05) is 30.1 Å². The van der Waals surface area contributed by atoms with Gasteiger partial charge in [0.05, 0.1) is 22.3 Å². The molecule has 1 aliphatic heterocycles. The molecule has 1 amide bonds. The Bertz CT molecular complexity index is 819. The summed E-state index contributed by atoms with van der Waals surface area (Å²) in [5, 5.41) is 1.02. The Labute approximate surface area is 143 Å². The molecule has 0 saturated carbocycles. The zero-order chi connectivity index (χ0) is 16.6. The molecule has 0 bridgehead atoms. The van der Waals surface area contributed by atoms with Gasteiger partial charge < -0.3 is 4.90 Å². The number of hydrogen-bond donors (Lipinski definition) is 0. The Balaban J connectivity index is 1.90. The first-order valence-corrected chi connectivity index (χ1v) is 8.33. The first kappa shape index (κ1) is 16.3. The van der Waals surface area contributed by atoms with Gasteiger partial charge >= 0.3 is 0 Å². The molecule has 1 aromatic carbocycles. The number of carbonyl (C=O) groups excluding carboxylic acids is 1. The fourth-order valence-corrected chi connectivity index (χ4v) is 3.51. The van der Waals surface area contributed by atoms with Crippen molar-refractivity contribution < 1.29 is 4.79 Å². The van der Waals surface area contributed by atoms with Gasteiger partial charge in [0.25, 0.3) is 5.56 Å². The number of fused-ring (bicyclic) bond motifs is 1. The molecule has 2 aromatic rings. The number of carbonyl (C=O) groups is 1. The number of halogens is 2. The Morgan fingerprint density at radius 3 is 2.91 bits per heavy atom. The predicted molar refractivity (Wildman–Crippen MR) is 91.0 cm³/mol. The molecule has 1 unspecified atom stereocenters. The number of benzene rings is 1. The summed E-state index contributed by atoms with van der Waals surface area (Å²) in [5.41, 5.74) is 0.0918. The average molecular weight is 354 g/mol. The summed E-state index contributed by atoms with van der Waals surface area (Å²) < 4.78 is 1.32. The van der Waals surface area contributed by atoms with Crippen LogP contribution in [-0.2, 0) is 11.3 Å². The van der Waals surface area contributed by atoms with E-state index in [1.807, 2.05) is 4.90 Å². The summed E-state index contributed by atoms with van der Waals surface area (Å²) in [7, 11) is 0. The number of amides is 1. The van der Waals surface area contributed by atoms with E-state index in [0.29, 0.717) is 26.9 Å². The summed E-state index contributed by atoms with van der Waals surface area (Å²) >= 11 is 12.0. The Morgan fingerprint density at radius 1 is 1.39 bits per heavy atom. The van der Waals surface area contributed by atoms with E-state index in [-0.39, 0.29) is 18.0 Å². The monoisotopic (exact) mass is 353 g/mol. The first-order valence-electron chi connectivity index (χ1n) is 7.57. The highest BCUT2D eigenvalue weighted by atomic mass is 35.5. The Morgan fingerprint density at radius 2 is 2.17 bits per heavy atom. The van der Waals surface area contributed by atoms with Gasteiger partial charge in [0.15, 0.2) is 0 Å². The lowest BCUT2D eigenvalue weighted by molar-refractivity contribution is -0.133. The van der Waals surface area contributed by atoms with Crippen LogP contribution in [0.1, 0.15) is 19.8 Å². The molecule has 1 aromatic heterocycles. The lowest BCUT2D eigenvalue weighted by Gasteiger charge is -2.31. The van der Waals surface area contributed by atoms with Crippen LogP contribution in [0.3, 0.4) is 0 Å². The molecule has 23 heavy (non-hydrogen) atoms. The second-order valence-electron chi connectivity index (χ2n) is 6.05. The van der Waals surface area contributed by atoms with E-state index in [2.05, 4.69) is 11.9 Å². The van der Waals surface area contributed by atoms with Crippen molar-refractivity contribution in [2.45, 2.75) is 26.3 Å². The van der Waals surface area contributed by atoms with Crippen LogP contribution in [0, 0.1) is 5.92 Å². The molecule has 1 aliphatic rings. The minimum atomic E-state index is -0.308. The summed E-state index contributed by atoms with van der Waals surface area (Å²) in [4.78, 5) is 31.0. The van der Waals surface area contributed by atoms with Crippen LogP contribution >= 0.6 is 23.2 Å². The van der Waals surface area contributed by atoms with E-state index in [1.54, 1.807) is 6.07 Å². The molecule has 1 saturated heterocycles. The first-order chi connectivity index (χ1) is 11.0. The van der Waals surface area contributed by atoms with Crippen LogP contribution in [0.4, 0.5) is 0 Å². The third-order valence-corrected chi connectivity index (χ3v) is 4.67. The second-order valence-corrected chi connectivity index (χ2v) is 6.89. The quantitative estimate of drug-likeness (QED) is 0.833. The van der Waals surface area contributed by atoms with Crippen LogP contribution in [0.25, 0.3) is 10.9 Å². The van der Waals surface area contributed by atoms with Crippen LogP contribution in [0.5, 0.6) is 0 Å². The highest BCUT2D eigenvalue weighted by Gasteiger charge is 2.21. The minimum Gasteiger partial charge on any atom is -0.341 e. The molecule has 122 valence electrons. The van der Waals surface area contributed by atoms with Gasteiger partial charge in [0.2, 0.25) is 5.91 Å². The van der Waals surface area contributed by atoms with Crippen molar-refractivity contribution in [3.8, 4) is 0 Å². The van der Waals surface area contributed by atoms with Gasteiger partial charge in [0.1, 0.15) is 6.54 Å². The SMILES string of the molecule is CC1CCCN(C(=O)Cn2cnc3c(Cl)cc(Cl)cc3c2=O)C1. The van der Waals surface area contributed by atoms with Crippen molar-refractivity contribution in [1.82, 2.24) is 14.5 Å². The van der Waals surface area contributed by atoms with E-state index in [4.69, 9.17) is 23.2 Å². The minimum absolute atomic E-state index is 0.0153. The smallest absolute Gasteiger partial charge is 0.261 e. The fourth-order valence-electron chi connectivity index (χ4n) is 2.97. The molecular formula is C16H17Cl2N3O2. The van der Waals surface area contributed by atoms with E-state index >= 15 is 0 Å². The highest BCUT2D eigenvalue weighted by molar-refractivity contribution is 6.38. The Kier molecular flexibility index (Phi) is 4.60. The number of hydrogen-bond acceptors (Lipinski definition) is 3. The van der Waals surface area contributed by atoms with Crippen molar-refractivity contribution in [2.24, 2.45) is 5.92 Å². The standard InChI is InChI=1S/C16H17Cl2N3O2/c1-10-3-2-4-20(7-10)14(22)8-21-9-19-15-12(16(21)23)5-11(17)6-13(15)18/h5-6,9-10H,2-4,7-8H2,1H3. The molecule has 5 nitrogen and oxygen atoms in total. The van der Waals surface area contributed by atoms with Crippen molar-refractivity contribution in [2.75, 3.05) is 13.1 Å². The van der Waals surface area contributed by atoms with Gasteiger partial charge in [-0.2, -0.15) is 0 Å². The molecule has 2 heterocycles. The highest BCUT2D eigenvalue weighted by Crippen LogP contribution is 2.24. The molecular weight excluding hydrogens is 337 g/mol. The van der Waals surface area contributed by atoms with Gasteiger partial charge in [-0.05, 0) is 30.9 Å². The van der Waals surface area contributed by atoms with Crippen molar-refractivity contribution >= 4 is 40.0 Å². The summed E-state index contributed by atoms with van der Waals surface area (Å²) in [6.07, 6.45) is 3.51. The molecule has 7 heteroatoms. The lowest BCUT2D eigenvalue weighted by Crippen LogP contribution is -2.42. The second kappa shape index (κ2) is 6.49. The van der Waals surface area contributed by atoms with E-state index in [0.717, 1.165) is 25.9 Å². The zero-order valence-corrected chi connectivity index (χ0v) is 14.3. The summed E-state index contributed by atoms with van der Waals surface area (Å²) in [6.45, 7) is 3.61. The normalized spacial score (nSPS) is 18.4. The van der Waals surface area contributed by atoms with E-state index in [9.17, 15) is 9.59 Å². The summed E-state index contributed by atoms with van der Waals surface area (Å²) in [6, 6.07) is 3.07. The van der Waals surface area contributed by atoms with Crippen LogP contribution in [0.15, 0.2) is 23.3 Å². The van der Waals surface area contributed by atoms with E-state index in [1.165, 1.54) is 17.0 Å². The maximum atomic E-state index is 12.6. The molecule has 1 atom stereocenters.